The lowest BCUT2D eigenvalue weighted by Crippen LogP contribution is -2.05. The van der Waals surface area contributed by atoms with Gasteiger partial charge >= 0.3 is 5.69 Å². The molecule has 2 aromatic heterocycles. The molecule has 0 aliphatic heterocycles. The van der Waals surface area contributed by atoms with Crippen molar-refractivity contribution in [3.05, 3.63) is 69.0 Å². The zero-order valence-corrected chi connectivity index (χ0v) is 16.2. The third-order valence-corrected chi connectivity index (χ3v) is 5.40. The molecule has 2 N–H and O–H groups in total. The largest absolute Gasteiger partial charge is 0.353 e. The molecule has 0 radical (unpaired) electrons. The van der Waals surface area contributed by atoms with Gasteiger partial charge in [0.25, 0.3) is 0 Å². The first-order chi connectivity index (χ1) is 13.5. The Morgan fingerprint density at radius 2 is 1.75 bits per heavy atom. The smallest absolute Gasteiger partial charge is 0.334 e. The van der Waals surface area contributed by atoms with E-state index in [2.05, 4.69) is 25.6 Å². The predicted molar refractivity (Wildman–Crippen MR) is 111 cm³/mol. The molecule has 0 fully saturated rings. The first-order valence-electron chi connectivity index (χ1n) is 7.85. The highest BCUT2D eigenvalue weighted by atomic mass is 35.5. The van der Waals surface area contributed by atoms with Gasteiger partial charge in [-0.3, -0.25) is 10.1 Å². The van der Waals surface area contributed by atoms with E-state index in [1.54, 1.807) is 18.2 Å². The summed E-state index contributed by atoms with van der Waals surface area (Å²) in [5, 5.41) is 18.7. The summed E-state index contributed by atoms with van der Waals surface area (Å²) in [4.78, 5) is 23.6. The molecule has 0 atom stereocenters. The lowest BCUT2D eigenvalue weighted by Gasteiger charge is -2.09. The van der Waals surface area contributed by atoms with Crippen LogP contribution in [-0.2, 0) is 0 Å². The Bertz CT molecular complexity index is 1170. The summed E-state index contributed by atoms with van der Waals surface area (Å²) in [6.07, 6.45) is 1.22. The van der Waals surface area contributed by atoms with E-state index in [0.717, 1.165) is 10.2 Å². The summed E-state index contributed by atoms with van der Waals surface area (Å²) in [5.74, 6) is 0.0450. The predicted octanol–water partition coefficient (Wildman–Crippen LogP) is 5.79. The van der Waals surface area contributed by atoms with E-state index in [1.807, 2.05) is 24.3 Å². The van der Waals surface area contributed by atoms with E-state index in [0.29, 0.717) is 20.9 Å². The van der Waals surface area contributed by atoms with Gasteiger partial charge in [-0.15, -0.1) is 0 Å². The van der Waals surface area contributed by atoms with Crippen molar-refractivity contribution in [1.82, 2.24) is 15.0 Å². The molecule has 28 heavy (non-hydrogen) atoms. The van der Waals surface area contributed by atoms with Crippen LogP contribution in [0.3, 0.4) is 0 Å². The number of hydrogen-bond donors (Lipinski definition) is 2. The number of halogens is 2. The van der Waals surface area contributed by atoms with Gasteiger partial charge in [0.1, 0.15) is 6.33 Å². The van der Waals surface area contributed by atoms with Crippen molar-refractivity contribution in [3.8, 4) is 0 Å². The summed E-state index contributed by atoms with van der Waals surface area (Å²) in [6, 6.07) is 12.3. The minimum Gasteiger partial charge on any atom is -0.334 e. The van der Waals surface area contributed by atoms with Gasteiger partial charge in [0.2, 0.25) is 11.6 Å². The zero-order chi connectivity index (χ0) is 19.7. The number of aromatic nitrogens is 3. The number of benzene rings is 2. The van der Waals surface area contributed by atoms with E-state index >= 15 is 0 Å². The molecule has 2 heterocycles. The van der Waals surface area contributed by atoms with Crippen LogP contribution >= 0.6 is 34.5 Å². The van der Waals surface area contributed by atoms with Gasteiger partial charge in [-0.25, -0.2) is 15.0 Å². The molecule has 0 saturated heterocycles. The van der Waals surface area contributed by atoms with Gasteiger partial charge in [-0.1, -0.05) is 46.7 Å². The molecule has 0 unspecified atom stereocenters. The Morgan fingerprint density at radius 3 is 2.46 bits per heavy atom. The number of nitrogens with zero attached hydrogens (tertiary/aromatic N) is 4. The topological polar surface area (TPSA) is 106 Å². The quantitative estimate of drug-likeness (QED) is 0.303. The molecule has 8 nitrogen and oxygen atoms in total. The van der Waals surface area contributed by atoms with Gasteiger partial charge in [0, 0.05) is 5.69 Å². The Kier molecular flexibility index (Phi) is 4.95. The van der Waals surface area contributed by atoms with E-state index in [9.17, 15) is 10.1 Å². The molecule has 4 aromatic rings. The van der Waals surface area contributed by atoms with Crippen molar-refractivity contribution in [2.24, 2.45) is 0 Å². The minimum absolute atomic E-state index is 0.0157. The van der Waals surface area contributed by atoms with E-state index < -0.39 is 4.92 Å². The standard InChI is InChI=1S/C17H10Cl2N6O2S/c18-10-6-5-9(7-11(10)19)22-15-14(25(26)27)16(21-8-20-15)24-17-23-12-3-1-2-4-13(12)28-17/h1-8H,(H2,20,21,22,23,24). The van der Waals surface area contributed by atoms with Crippen LogP contribution in [0.2, 0.25) is 10.0 Å². The normalized spacial score (nSPS) is 10.8. The van der Waals surface area contributed by atoms with E-state index in [4.69, 9.17) is 23.2 Å². The molecule has 140 valence electrons. The molecule has 0 bridgehead atoms. The number of rotatable bonds is 5. The summed E-state index contributed by atoms with van der Waals surface area (Å²) in [7, 11) is 0. The van der Waals surface area contributed by atoms with Crippen LogP contribution in [-0.4, -0.2) is 19.9 Å². The van der Waals surface area contributed by atoms with Crippen LogP contribution < -0.4 is 10.6 Å². The monoisotopic (exact) mass is 432 g/mol. The fourth-order valence-corrected chi connectivity index (χ4v) is 3.64. The number of thiazole rings is 1. The zero-order valence-electron chi connectivity index (χ0n) is 13.9. The third kappa shape index (κ3) is 3.68. The van der Waals surface area contributed by atoms with Gasteiger partial charge in [0.05, 0.1) is 25.2 Å². The third-order valence-electron chi connectivity index (χ3n) is 3.71. The number of nitrogens with one attached hydrogen (secondary N) is 2. The van der Waals surface area contributed by atoms with Crippen LogP contribution in [0.15, 0.2) is 48.8 Å². The van der Waals surface area contributed by atoms with Crippen molar-refractivity contribution in [1.29, 1.82) is 0 Å². The maximum atomic E-state index is 11.7. The highest BCUT2D eigenvalue weighted by Gasteiger charge is 2.24. The highest BCUT2D eigenvalue weighted by molar-refractivity contribution is 7.22. The van der Waals surface area contributed by atoms with Gasteiger partial charge in [-0.05, 0) is 30.3 Å². The van der Waals surface area contributed by atoms with Gasteiger partial charge in [0.15, 0.2) is 5.13 Å². The molecular formula is C17H10Cl2N6O2S. The van der Waals surface area contributed by atoms with Crippen LogP contribution in [0.25, 0.3) is 10.2 Å². The van der Waals surface area contributed by atoms with E-state index in [-0.39, 0.29) is 17.3 Å². The van der Waals surface area contributed by atoms with Crippen molar-refractivity contribution >= 4 is 72.9 Å². The Labute approximate surface area is 172 Å². The number of nitro groups is 1. The van der Waals surface area contributed by atoms with Gasteiger partial charge < -0.3 is 10.6 Å². The van der Waals surface area contributed by atoms with Crippen molar-refractivity contribution in [2.75, 3.05) is 10.6 Å². The number of hydrogen-bond acceptors (Lipinski definition) is 8. The van der Waals surface area contributed by atoms with Crippen LogP contribution in [0.5, 0.6) is 0 Å². The highest BCUT2D eigenvalue weighted by Crippen LogP contribution is 2.36. The summed E-state index contributed by atoms with van der Waals surface area (Å²) in [5.41, 5.74) is 0.982. The number of anilines is 4. The molecule has 0 amide bonds. The molecule has 11 heteroatoms. The SMILES string of the molecule is O=[N+]([O-])c1c(Nc2ccc(Cl)c(Cl)c2)ncnc1Nc1nc2ccccc2s1. The number of fused-ring (bicyclic) bond motifs is 1. The summed E-state index contributed by atoms with van der Waals surface area (Å²) in [6.45, 7) is 0. The van der Waals surface area contributed by atoms with Gasteiger partial charge in [-0.2, -0.15) is 0 Å². The minimum atomic E-state index is -0.560. The maximum Gasteiger partial charge on any atom is 0.353 e. The summed E-state index contributed by atoms with van der Waals surface area (Å²) >= 11 is 13.3. The molecule has 4 rings (SSSR count). The molecule has 0 aliphatic carbocycles. The second-order valence-electron chi connectivity index (χ2n) is 5.54. The molecule has 0 aliphatic rings. The van der Waals surface area contributed by atoms with Crippen molar-refractivity contribution in [2.45, 2.75) is 0 Å². The summed E-state index contributed by atoms with van der Waals surface area (Å²) < 4.78 is 0.955. The number of para-hydroxylation sites is 1. The van der Waals surface area contributed by atoms with Crippen LogP contribution in [0.4, 0.5) is 28.1 Å². The van der Waals surface area contributed by atoms with E-state index in [1.165, 1.54) is 17.7 Å². The van der Waals surface area contributed by atoms with Crippen LogP contribution in [0, 0.1) is 10.1 Å². The fraction of sp³-hybridized carbons (Fsp3) is 0. The first-order valence-corrected chi connectivity index (χ1v) is 9.42. The Hall–Kier alpha value is -3.01. The second kappa shape index (κ2) is 7.55. The Balaban J connectivity index is 1.70. The van der Waals surface area contributed by atoms with Crippen LogP contribution in [0.1, 0.15) is 0 Å². The average molecular weight is 433 g/mol. The average Bonchev–Trinajstić information content (AvgIpc) is 3.07. The lowest BCUT2D eigenvalue weighted by atomic mass is 10.3. The molecule has 0 saturated carbocycles. The molecule has 0 spiro atoms. The first kappa shape index (κ1) is 18.4. The second-order valence-corrected chi connectivity index (χ2v) is 7.39. The maximum absolute atomic E-state index is 11.7. The lowest BCUT2D eigenvalue weighted by molar-refractivity contribution is -0.383. The van der Waals surface area contributed by atoms with Crippen molar-refractivity contribution < 1.29 is 4.92 Å². The van der Waals surface area contributed by atoms with Crippen molar-refractivity contribution in [3.63, 3.8) is 0 Å². The molecular weight excluding hydrogens is 423 g/mol. The fourth-order valence-electron chi connectivity index (χ4n) is 2.47. The Morgan fingerprint density at radius 1 is 1.00 bits per heavy atom. The molecule has 2 aromatic carbocycles.